The van der Waals surface area contributed by atoms with Gasteiger partial charge in [-0.1, -0.05) is 12.1 Å². The Morgan fingerprint density at radius 3 is 2.77 bits per heavy atom. The van der Waals surface area contributed by atoms with Crippen molar-refractivity contribution in [2.75, 3.05) is 13.1 Å². The Labute approximate surface area is 180 Å². The second-order valence-electron chi connectivity index (χ2n) is 7.75. The van der Waals surface area contributed by atoms with Crippen molar-refractivity contribution in [3.63, 3.8) is 0 Å². The molecule has 1 aliphatic rings. The number of benzene rings is 1. The molecule has 162 valence electrons. The first kappa shape index (κ1) is 21.0. The van der Waals surface area contributed by atoms with Gasteiger partial charge in [0.1, 0.15) is 17.4 Å². The van der Waals surface area contributed by atoms with Gasteiger partial charge in [-0.2, -0.15) is 0 Å². The number of aromatic nitrogens is 3. The minimum Gasteiger partial charge on any atom is -0.439 e. The van der Waals surface area contributed by atoms with Gasteiger partial charge in [0, 0.05) is 49.7 Å². The summed E-state index contributed by atoms with van der Waals surface area (Å²) in [6.45, 7) is 2.84. The number of likely N-dealkylation sites (tertiary alicyclic amines) is 1. The van der Waals surface area contributed by atoms with Gasteiger partial charge in [0.05, 0.1) is 6.54 Å². The molecule has 1 saturated heterocycles. The van der Waals surface area contributed by atoms with Crippen LogP contribution in [0, 0.1) is 11.7 Å². The van der Waals surface area contributed by atoms with Crippen molar-refractivity contribution >= 4 is 5.91 Å². The van der Waals surface area contributed by atoms with E-state index in [1.807, 2.05) is 23.9 Å². The van der Waals surface area contributed by atoms with Crippen LogP contribution in [0.4, 0.5) is 4.39 Å². The van der Waals surface area contributed by atoms with Crippen LogP contribution in [0.5, 0.6) is 11.6 Å². The summed E-state index contributed by atoms with van der Waals surface area (Å²) in [6, 6.07) is 9.53. The zero-order valence-electron chi connectivity index (χ0n) is 17.5. The number of ether oxygens (including phenoxy) is 1. The fraction of sp³-hybridized carbons (Fsp3) is 0.348. The Kier molecular flexibility index (Phi) is 6.57. The number of nitrogens with zero attached hydrogens (tertiary/aromatic N) is 4. The molecule has 1 aromatic carbocycles. The quantitative estimate of drug-likeness (QED) is 0.632. The maximum absolute atomic E-state index is 13.4. The minimum atomic E-state index is -0.377. The Bertz CT molecular complexity index is 1030. The van der Waals surface area contributed by atoms with Gasteiger partial charge in [0.25, 0.3) is 0 Å². The Hall–Kier alpha value is -3.26. The molecule has 0 aliphatic carbocycles. The summed E-state index contributed by atoms with van der Waals surface area (Å²) in [7, 11) is 1.99. The molecule has 0 unspecified atom stereocenters. The van der Waals surface area contributed by atoms with Crippen LogP contribution in [0.15, 0.2) is 55.0 Å². The molecule has 2 aromatic heterocycles. The maximum atomic E-state index is 13.4. The Morgan fingerprint density at radius 1 is 1.19 bits per heavy atom. The van der Waals surface area contributed by atoms with Crippen LogP contribution >= 0.6 is 0 Å². The second-order valence-corrected chi connectivity index (χ2v) is 7.75. The molecule has 0 saturated carbocycles. The largest absolute Gasteiger partial charge is 0.439 e. The number of hydrogen-bond acceptors (Lipinski definition) is 5. The first-order valence-corrected chi connectivity index (χ1v) is 10.4. The molecule has 8 heteroatoms. The highest BCUT2D eigenvalue weighted by Crippen LogP contribution is 2.24. The van der Waals surface area contributed by atoms with Crippen molar-refractivity contribution in [3.8, 4) is 11.6 Å². The Morgan fingerprint density at radius 2 is 2.03 bits per heavy atom. The second kappa shape index (κ2) is 9.70. The molecule has 0 radical (unpaired) electrons. The van der Waals surface area contributed by atoms with Gasteiger partial charge < -0.3 is 14.6 Å². The van der Waals surface area contributed by atoms with E-state index in [2.05, 4.69) is 20.2 Å². The number of pyridine rings is 1. The van der Waals surface area contributed by atoms with Crippen molar-refractivity contribution in [1.29, 1.82) is 0 Å². The molecule has 4 rings (SSSR count). The number of hydrogen-bond donors (Lipinski definition) is 1. The van der Waals surface area contributed by atoms with E-state index in [-0.39, 0.29) is 17.6 Å². The fourth-order valence-corrected chi connectivity index (χ4v) is 3.72. The third kappa shape index (κ3) is 5.46. The van der Waals surface area contributed by atoms with Crippen molar-refractivity contribution in [1.82, 2.24) is 24.8 Å². The van der Waals surface area contributed by atoms with Crippen LogP contribution in [0.1, 0.15) is 24.2 Å². The number of carbonyl (C=O) groups excluding carboxylic acids is 1. The monoisotopic (exact) mass is 423 g/mol. The predicted octanol–water partition coefficient (Wildman–Crippen LogP) is 3.27. The number of halogens is 1. The highest BCUT2D eigenvalue weighted by Gasteiger charge is 2.25. The molecular formula is C23H26FN5O2. The van der Waals surface area contributed by atoms with Crippen molar-refractivity contribution in [2.45, 2.75) is 25.9 Å². The standard InChI is InChI=1S/C23H26FN5O2/c1-28-13-10-25-21(28)16-29-11-7-17(8-12-29)22(30)27-15-18-4-3-9-26-23(18)31-20-6-2-5-19(24)14-20/h2-6,9-10,13-14,17H,7-8,11-12,15-16H2,1H3,(H,27,30). The lowest BCUT2D eigenvalue weighted by Crippen LogP contribution is -2.40. The molecule has 0 atom stereocenters. The first-order chi connectivity index (χ1) is 15.1. The van der Waals surface area contributed by atoms with Crippen molar-refractivity contribution < 1.29 is 13.9 Å². The molecule has 0 bridgehead atoms. The van der Waals surface area contributed by atoms with Gasteiger partial charge in [-0.15, -0.1) is 0 Å². The molecule has 0 spiro atoms. The highest BCUT2D eigenvalue weighted by molar-refractivity contribution is 5.78. The van der Waals surface area contributed by atoms with Crippen molar-refractivity contribution in [2.24, 2.45) is 13.0 Å². The number of aryl methyl sites for hydroxylation is 1. The summed E-state index contributed by atoms with van der Waals surface area (Å²) >= 11 is 0. The van der Waals surface area contributed by atoms with Crippen LogP contribution in [-0.4, -0.2) is 38.4 Å². The van der Waals surface area contributed by atoms with Gasteiger partial charge in [0.2, 0.25) is 11.8 Å². The van der Waals surface area contributed by atoms with Gasteiger partial charge >= 0.3 is 0 Å². The average Bonchev–Trinajstić information content (AvgIpc) is 3.18. The SMILES string of the molecule is Cn1ccnc1CN1CCC(C(=O)NCc2cccnc2Oc2cccc(F)c2)CC1. The topological polar surface area (TPSA) is 72.3 Å². The predicted molar refractivity (Wildman–Crippen MR) is 114 cm³/mol. The number of nitrogens with one attached hydrogen (secondary N) is 1. The van der Waals surface area contributed by atoms with Crippen molar-refractivity contribution in [3.05, 3.63) is 72.2 Å². The molecule has 3 aromatic rings. The van der Waals surface area contributed by atoms with E-state index < -0.39 is 0 Å². The lowest BCUT2D eigenvalue weighted by molar-refractivity contribution is -0.126. The summed E-state index contributed by atoms with van der Waals surface area (Å²) < 4.78 is 21.2. The van der Waals surface area contributed by atoms with Crippen LogP contribution in [0.2, 0.25) is 0 Å². The number of rotatable bonds is 7. The van der Waals surface area contributed by atoms with E-state index in [1.54, 1.807) is 30.6 Å². The summed E-state index contributed by atoms with van der Waals surface area (Å²) in [5, 5.41) is 3.01. The van der Waals surface area contributed by atoms with E-state index in [1.165, 1.54) is 12.1 Å². The molecule has 7 nitrogen and oxygen atoms in total. The van der Waals surface area contributed by atoms with E-state index in [9.17, 15) is 9.18 Å². The van der Waals surface area contributed by atoms with Crippen LogP contribution in [0.3, 0.4) is 0 Å². The summed E-state index contributed by atoms with van der Waals surface area (Å²) in [6.07, 6.45) is 6.99. The number of imidazole rings is 1. The molecule has 3 heterocycles. The number of amides is 1. The lowest BCUT2D eigenvalue weighted by Gasteiger charge is -2.31. The van der Waals surface area contributed by atoms with E-state index >= 15 is 0 Å². The molecular weight excluding hydrogens is 397 g/mol. The summed E-state index contributed by atoms with van der Waals surface area (Å²) in [4.78, 5) is 23.6. The number of piperidine rings is 1. The van der Waals surface area contributed by atoms with Gasteiger partial charge in [-0.05, 0) is 44.1 Å². The molecule has 1 N–H and O–H groups in total. The molecule has 1 amide bonds. The molecule has 1 aliphatic heterocycles. The van der Waals surface area contributed by atoms with E-state index in [4.69, 9.17) is 4.74 Å². The molecule has 1 fully saturated rings. The Balaban J connectivity index is 1.29. The third-order valence-corrected chi connectivity index (χ3v) is 5.56. The fourth-order valence-electron chi connectivity index (χ4n) is 3.72. The van der Waals surface area contributed by atoms with Crippen LogP contribution < -0.4 is 10.1 Å². The lowest BCUT2D eigenvalue weighted by atomic mass is 9.96. The first-order valence-electron chi connectivity index (χ1n) is 10.4. The van der Waals surface area contributed by atoms with Gasteiger partial charge in [-0.3, -0.25) is 9.69 Å². The summed E-state index contributed by atoms with van der Waals surface area (Å²) in [5.41, 5.74) is 0.743. The van der Waals surface area contributed by atoms with Crippen LogP contribution in [0.25, 0.3) is 0 Å². The zero-order chi connectivity index (χ0) is 21.6. The van der Waals surface area contributed by atoms with Gasteiger partial charge in [0.15, 0.2) is 0 Å². The maximum Gasteiger partial charge on any atom is 0.224 e. The zero-order valence-corrected chi connectivity index (χ0v) is 17.5. The average molecular weight is 423 g/mol. The smallest absolute Gasteiger partial charge is 0.224 e. The van der Waals surface area contributed by atoms with Gasteiger partial charge in [-0.25, -0.2) is 14.4 Å². The van der Waals surface area contributed by atoms with E-state index in [0.29, 0.717) is 18.2 Å². The normalized spacial score (nSPS) is 15.0. The third-order valence-electron chi connectivity index (χ3n) is 5.56. The summed E-state index contributed by atoms with van der Waals surface area (Å²) in [5.74, 6) is 1.41. The highest BCUT2D eigenvalue weighted by atomic mass is 19.1. The van der Waals surface area contributed by atoms with Crippen LogP contribution in [-0.2, 0) is 24.9 Å². The minimum absolute atomic E-state index is 0.0121. The molecule has 31 heavy (non-hydrogen) atoms. The number of carbonyl (C=O) groups is 1. The van der Waals surface area contributed by atoms with E-state index in [0.717, 1.165) is 43.9 Å².